The number of carbonyl (C=O) groups excluding carboxylic acids is 1. The van der Waals surface area contributed by atoms with E-state index < -0.39 is 17.0 Å². The molecular formula is C18H16F2O. The Morgan fingerprint density at radius 3 is 2.10 bits per heavy atom. The Balaban J connectivity index is 1.91. The minimum Gasteiger partial charge on any atom is -0.298 e. The zero-order valence-electron chi connectivity index (χ0n) is 11.6. The average molecular weight is 286 g/mol. The second-order valence-electron chi connectivity index (χ2n) is 5.60. The van der Waals surface area contributed by atoms with E-state index in [1.807, 2.05) is 30.3 Å². The molecule has 1 nitrogen and oxygen atoms in total. The zero-order chi connectivity index (χ0) is 14.9. The molecule has 1 aliphatic rings. The van der Waals surface area contributed by atoms with Gasteiger partial charge in [0.1, 0.15) is 17.4 Å². The topological polar surface area (TPSA) is 17.1 Å². The van der Waals surface area contributed by atoms with E-state index >= 15 is 0 Å². The van der Waals surface area contributed by atoms with E-state index in [0.29, 0.717) is 0 Å². The van der Waals surface area contributed by atoms with Crippen molar-refractivity contribution in [3.8, 4) is 0 Å². The highest BCUT2D eigenvalue weighted by Gasteiger charge is 2.45. The summed E-state index contributed by atoms with van der Waals surface area (Å²) in [5.41, 5.74) is 0.276. The first kappa shape index (κ1) is 13.9. The van der Waals surface area contributed by atoms with Gasteiger partial charge in [-0.3, -0.25) is 4.79 Å². The van der Waals surface area contributed by atoms with Crippen molar-refractivity contribution in [2.45, 2.75) is 31.1 Å². The van der Waals surface area contributed by atoms with Crippen molar-refractivity contribution >= 4 is 5.78 Å². The predicted octanol–water partition coefficient (Wildman–Crippen LogP) is 4.20. The lowest BCUT2D eigenvalue weighted by molar-refractivity contribution is -0.127. The Hall–Kier alpha value is -2.03. The number of Topliss-reactive ketones (excluding diaryl/α,β-unsaturated/α-hetero) is 1. The Kier molecular flexibility index (Phi) is 3.58. The molecule has 1 fully saturated rings. The van der Waals surface area contributed by atoms with Gasteiger partial charge in [-0.2, -0.15) is 0 Å². The maximum absolute atomic E-state index is 13.7. The summed E-state index contributed by atoms with van der Waals surface area (Å²) in [5.74, 6) is -1.39. The number of hydrogen-bond donors (Lipinski definition) is 0. The van der Waals surface area contributed by atoms with Gasteiger partial charge in [0.05, 0.1) is 5.41 Å². The molecule has 21 heavy (non-hydrogen) atoms. The van der Waals surface area contributed by atoms with Gasteiger partial charge in [0.2, 0.25) is 0 Å². The summed E-state index contributed by atoms with van der Waals surface area (Å²) in [6, 6.07) is 13.2. The number of rotatable bonds is 4. The van der Waals surface area contributed by atoms with Crippen molar-refractivity contribution in [2.24, 2.45) is 0 Å². The van der Waals surface area contributed by atoms with Crippen molar-refractivity contribution in [1.29, 1.82) is 0 Å². The molecule has 0 atom stereocenters. The van der Waals surface area contributed by atoms with Crippen LogP contribution in [0.15, 0.2) is 48.5 Å². The molecule has 2 aromatic rings. The molecule has 0 N–H and O–H groups in total. The normalized spacial score (nSPS) is 16.3. The summed E-state index contributed by atoms with van der Waals surface area (Å²) in [6.45, 7) is 0. The number of benzene rings is 2. The van der Waals surface area contributed by atoms with Crippen LogP contribution >= 0.6 is 0 Å². The maximum Gasteiger partial charge on any atom is 0.147 e. The lowest BCUT2D eigenvalue weighted by Crippen LogP contribution is -2.43. The van der Waals surface area contributed by atoms with Gasteiger partial charge in [0, 0.05) is 12.0 Å². The predicted molar refractivity (Wildman–Crippen MR) is 77.0 cm³/mol. The van der Waals surface area contributed by atoms with E-state index in [9.17, 15) is 13.6 Å². The minimum absolute atomic E-state index is 0.0936. The quantitative estimate of drug-likeness (QED) is 0.823. The molecular weight excluding hydrogens is 270 g/mol. The van der Waals surface area contributed by atoms with E-state index in [1.54, 1.807) is 0 Å². The summed E-state index contributed by atoms with van der Waals surface area (Å²) >= 11 is 0. The van der Waals surface area contributed by atoms with Crippen molar-refractivity contribution in [3.05, 3.63) is 71.3 Å². The average Bonchev–Trinajstić information content (AvgIpc) is 2.43. The molecule has 0 spiro atoms. The van der Waals surface area contributed by atoms with E-state index in [4.69, 9.17) is 0 Å². The molecule has 0 saturated heterocycles. The molecule has 3 heteroatoms. The third kappa shape index (κ3) is 2.37. The van der Waals surface area contributed by atoms with Crippen LogP contribution < -0.4 is 0 Å². The van der Waals surface area contributed by atoms with Crippen molar-refractivity contribution in [2.75, 3.05) is 0 Å². The molecule has 0 amide bonds. The monoisotopic (exact) mass is 286 g/mol. The lowest BCUT2D eigenvalue weighted by atomic mass is 9.61. The van der Waals surface area contributed by atoms with Crippen molar-refractivity contribution in [1.82, 2.24) is 0 Å². The largest absolute Gasteiger partial charge is 0.298 e. The van der Waals surface area contributed by atoms with Crippen LogP contribution in [0.3, 0.4) is 0 Å². The van der Waals surface area contributed by atoms with Crippen LogP contribution in [0.25, 0.3) is 0 Å². The fraction of sp³-hybridized carbons (Fsp3) is 0.278. The summed E-state index contributed by atoms with van der Waals surface area (Å²) in [6.07, 6.45) is 2.30. The summed E-state index contributed by atoms with van der Waals surface area (Å²) in [5, 5.41) is 0. The van der Waals surface area contributed by atoms with Gasteiger partial charge in [-0.1, -0.05) is 42.8 Å². The van der Waals surface area contributed by atoms with Crippen LogP contribution in [0.5, 0.6) is 0 Å². The van der Waals surface area contributed by atoms with E-state index in [0.717, 1.165) is 24.8 Å². The first-order chi connectivity index (χ1) is 10.1. The summed E-state index contributed by atoms with van der Waals surface area (Å²) in [4.78, 5) is 12.7. The smallest absolute Gasteiger partial charge is 0.147 e. The Bertz CT molecular complexity index is 640. The van der Waals surface area contributed by atoms with Crippen molar-refractivity contribution in [3.63, 3.8) is 0 Å². The fourth-order valence-electron chi connectivity index (χ4n) is 3.05. The van der Waals surface area contributed by atoms with E-state index in [2.05, 4.69) is 0 Å². The van der Waals surface area contributed by atoms with E-state index in [1.165, 1.54) is 18.2 Å². The van der Waals surface area contributed by atoms with Gasteiger partial charge in [-0.15, -0.1) is 0 Å². The third-order valence-electron chi connectivity index (χ3n) is 4.47. The van der Waals surface area contributed by atoms with Gasteiger partial charge in [0.25, 0.3) is 0 Å². The van der Waals surface area contributed by atoms with E-state index in [-0.39, 0.29) is 17.8 Å². The first-order valence-corrected chi connectivity index (χ1v) is 7.15. The third-order valence-corrected chi connectivity index (χ3v) is 4.47. The molecule has 0 radical (unpaired) electrons. The summed E-state index contributed by atoms with van der Waals surface area (Å²) in [7, 11) is 0. The van der Waals surface area contributed by atoms with Crippen LogP contribution in [0, 0.1) is 11.6 Å². The molecule has 3 rings (SSSR count). The molecule has 1 saturated carbocycles. The molecule has 108 valence electrons. The van der Waals surface area contributed by atoms with Gasteiger partial charge < -0.3 is 0 Å². The number of ketones is 1. The Labute approximate surface area is 122 Å². The van der Waals surface area contributed by atoms with Gasteiger partial charge in [-0.25, -0.2) is 8.78 Å². The SMILES string of the molecule is O=C(Cc1c(F)cccc1F)C1(c2ccccc2)CCC1. The van der Waals surface area contributed by atoms with Gasteiger partial charge in [-0.05, 0) is 30.5 Å². The highest BCUT2D eigenvalue weighted by molar-refractivity contribution is 5.92. The maximum atomic E-state index is 13.7. The zero-order valence-corrected chi connectivity index (χ0v) is 11.6. The summed E-state index contributed by atoms with van der Waals surface area (Å²) < 4.78 is 27.5. The molecule has 0 aliphatic heterocycles. The van der Waals surface area contributed by atoms with Gasteiger partial charge >= 0.3 is 0 Å². The fourth-order valence-corrected chi connectivity index (χ4v) is 3.05. The Morgan fingerprint density at radius 1 is 0.952 bits per heavy atom. The number of halogens is 2. The van der Waals surface area contributed by atoms with Crippen LogP contribution in [0.2, 0.25) is 0 Å². The highest BCUT2D eigenvalue weighted by atomic mass is 19.1. The lowest BCUT2D eigenvalue weighted by Gasteiger charge is -2.41. The van der Waals surface area contributed by atoms with Gasteiger partial charge in [0.15, 0.2) is 0 Å². The highest BCUT2D eigenvalue weighted by Crippen LogP contribution is 2.45. The molecule has 2 aromatic carbocycles. The molecule has 0 unspecified atom stereocenters. The second kappa shape index (κ2) is 5.40. The number of hydrogen-bond acceptors (Lipinski definition) is 1. The van der Waals surface area contributed by atoms with Crippen LogP contribution in [-0.4, -0.2) is 5.78 Å². The standard InChI is InChI=1S/C18H16F2O/c19-15-8-4-9-16(20)14(15)12-17(21)18(10-5-11-18)13-6-2-1-3-7-13/h1-4,6-9H,5,10-12H2. The molecule has 0 aromatic heterocycles. The molecule has 1 aliphatic carbocycles. The first-order valence-electron chi connectivity index (χ1n) is 7.15. The van der Waals surface area contributed by atoms with Crippen molar-refractivity contribution < 1.29 is 13.6 Å². The van der Waals surface area contributed by atoms with Crippen LogP contribution in [-0.2, 0) is 16.6 Å². The minimum atomic E-state index is -0.647. The molecule has 0 bridgehead atoms. The van der Waals surface area contributed by atoms with Crippen LogP contribution in [0.4, 0.5) is 8.78 Å². The van der Waals surface area contributed by atoms with Crippen LogP contribution in [0.1, 0.15) is 30.4 Å². The second-order valence-corrected chi connectivity index (χ2v) is 5.60. The molecule has 0 heterocycles. The number of carbonyl (C=O) groups is 1. The Morgan fingerprint density at radius 2 is 1.57 bits per heavy atom.